The van der Waals surface area contributed by atoms with E-state index in [0.29, 0.717) is 28.9 Å². The summed E-state index contributed by atoms with van der Waals surface area (Å²) >= 11 is 0. The van der Waals surface area contributed by atoms with Gasteiger partial charge in [-0.25, -0.2) is 9.36 Å². The molecule has 3 aromatic carbocycles. The summed E-state index contributed by atoms with van der Waals surface area (Å²) in [5, 5.41) is 0.505. The second kappa shape index (κ2) is 10.0. The van der Waals surface area contributed by atoms with Crippen LogP contribution in [0, 0.1) is 11.8 Å². The van der Waals surface area contributed by atoms with Crippen molar-refractivity contribution in [1.29, 1.82) is 0 Å². The summed E-state index contributed by atoms with van der Waals surface area (Å²) in [5.41, 5.74) is 2.29. The number of fused-ring (bicyclic) bond motifs is 1. The highest BCUT2D eigenvalue weighted by molar-refractivity contribution is 5.96. The monoisotopic (exact) mass is 454 g/mol. The molecule has 4 aromatic rings. The van der Waals surface area contributed by atoms with Crippen molar-refractivity contribution in [3.63, 3.8) is 0 Å². The minimum absolute atomic E-state index is 0.161. The number of nitrogens with zero attached hydrogens (tertiary/aromatic N) is 2. The minimum atomic E-state index is -0.373. The summed E-state index contributed by atoms with van der Waals surface area (Å²) in [6.45, 7) is 4.34. The highest BCUT2D eigenvalue weighted by atomic mass is 16.2. The number of hydrogen-bond donors (Lipinski definition) is 0. The Labute approximate surface area is 199 Å². The van der Waals surface area contributed by atoms with Gasteiger partial charge in [0.1, 0.15) is 0 Å². The van der Waals surface area contributed by atoms with Crippen LogP contribution in [0.3, 0.4) is 0 Å². The van der Waals surface area contributed by atoms with Crippen molar-refractivity contribution >= 4 is 16.7 Å². The maximum absolute atomic E-state index is 13.1. The highest BCUT2D eigenvalue weighted by Crippen LogP contribution is 2.26. The number of Topliss-reactive ketones (excluding diaryl/α,β-unsaturated/α-hetero) is 1. The Morgan fingerprint density at radius 3 is 2.21 bits per heavy atom. The average Bonchev–Trinajstić information content (AvgIpc) is 2.88. The lowest BCUT2D eigenvalue weighted by Crippen LogP contribution is -2.37. The van der Waals surface area contributed by atoms with E-state index >= 15 is 0 Å². The number of carbonyl (C=O) groups excluding carboxylic acids is 1. The van der Waals surface area contributed by atoms with Crippen LogP contribution in [0.15, 0.2) is 88.5 Å². The van der Waals surface area contributed by atoms with E-state index in [9.17, 15) is 14.4 Å². The molecule has 0 saturated carbocycles. The number of rotatable bonds is 8. The van der Waals surface area contributed by atoms with Crippen LogP contribution in [0.1, 0.15) is 42.6 Å². The van der Waals surface area contributed by atoms with Crippen molar-refractivity contribution in [2.75, 3.05) is 0 Å². The SMILES string of the molecule is CCC(C)C(CC(=O)c1ccccc1)Cc1ccc(-n2c(=O)c3ccccc3n(C)c2=O)cc1. The predicted octanol–water partition coefficient (Wildman–Crippen LogP) is 5.17. The second-order valence-corrected chi connectivity index (χ2v) is 9.01. The zero-order valence-electron chi connectivity index (χ0n) is 19.9. The van der Waals surface area contributed by atoms with Crippen LogP contribution < -0.4 is 11.2 Å². The van der Waals surface area contributed by atoms with Crippen molar-refractivity contribution in [2.45, 2.75) is 33.1 Å². The van der Waals surface area contributed by atoms with Crippen LogP contribution >= 0.6 is 0 Å². The fourth-order valence-corrected chi connectivity index (χ4v) is 4.51. The Morgan fingerprint density at radius 2 is 1.53 bits per heavy atom. The van der Waals surface area contributed by atoms with E-state index in [1.807, 2.05) is 60.7 Å². The van der Waals surface area contributed by atoms with Gasteiger partial charge in [-0.05, 0) is 48.1 Å². The molecule has 1 aromatic heterocycles. The quantitative estimate of drug-likeness (QED) is 0.345. The number of aromatic nitrogens is 2. The molecule has 0 aliphatic carbocycles. The van der Waals surface area contributed by atoms with Gasteiger partial charge in [-0.1, -0.05) is 74.9 Å². The van der Waals surface area contributed by atoms with E-state index in [4.69, 9.17) is 0 Å². The lowest BCUT2D eigenvalue weighted by molar-refractivity contribution is 0.0944. The van der Waals surface area contributed by atoms with E-state index in [2.05, 4.69) is 13.8 Å². The first kappa shape index (κ1) is 23.4. The molecule has 0 bridgehead atoms. The molecule has 1 heterocycles. The Balaban J connectivity index is 1.61. The van der Waals surface area contributed by atoms with Gasteiger partial charge >= 0.3 is 5.69 Å². The normalized spacial score (nSPS) is 13.0. The Hall–Kier alpha value is -3.73. The summed E-state index contributed by atoms with van der Waals surface area (Å²) in [5.74, 6) is 0.760. The third-order valence-corrected chi connectivity index (χ3v) is 6.86. The van der Waals surface area contributed by atoms with Gasteiger partial charge in [-0.3, -0.25) is 14.2 Å². The van der Waals surface area contributed by atoms with E-state index < -0.39 is 0 Å². The van der Waals surface area contributed by atoms with Gasteiger partial charge in [0.15, 0.2) is 5.78 Å². The van der Waals surface area contributed by atoms with Crippen LogP contribution in [0.5, 0.6) is 0 Å². The summed E-state index contributed by atoms with van der Waals surface area (Å²) < 4.78 is 2.72. The maximum Gasteiger partial charge on any atom is 0.335 e. The smallest absolute Gasteiger partial charge is 0.296 e. The molecule has 0 fully saturated rings. The number of carbonyl (C=O) groups is 1. The van der Waals surface area contributed by atoms with Crippen LogP contribution in [0.4, 0.5) is 0 Å². The number of ketones is 1. The van der Waals surface area contributed by atoms with Crippen molar-refractivity contribution < 1.29 is 4.79 Å². The zero-order valence-corrected chi connectivity index (χ0v) is 19.9. The standard InChI is InChI=1S/C29H30N2O3/c1-4-20(2)23(19-27(32)22-10-6-5-7-11-22)18-21-14-16-24(17-15-21)31-28(33)25-12-8-9-13-26(25)30(3)29(31)34/h5-17,20,23H,4,18-19H2,1-3H3. The molecule has 5 heteroatoms. The largest absolute Gasteiger partial charge is 0.335 e. The molecule has 0 aliphatic heterocycles. The summed E-state index contributed by atoms with van der Waals surface area (Å²) in [6.07, 6.45) is 2.25. The van der Waals surface area contributed by atoms with Crippen molar-refractivity contribution in [1.82, 2.24) is 9.13 Å². The predicted molar refractivity (Wildman–Crippen MR) is 137 cm³/mol. The fraction of sp³-hybridized carbons (Fsp3) is 0.276. The molecule has 34 heavy (non-hydrogen) atoms. The van der Waals surface area contributed by atoms with E-state index in [1.165, 1.54) is 9.13 Å². The Bertz CT molecular complexity index is 1420. The van der Waals surface area contributed by atoms with Crippen LogP contribution in [0.2, 0.25) is 0 Å². The molecule has 0 radical (unpaired) electrons. The molecule has 0 amide bonds. The molecule has 0 N–H and O–H groups in total. The molecule has 2 unspecified atom stereocenters. The molecule has 2 atom stereocenters. The van der Waals surface area contributed by atoms with E-state index in [0.717, 1.165) is 24.0 Å². The Morgan fingerprint density at radius 1 is 0.882 bits per heavy atom. The van der Waals surface area contributed by atoms with Gasteiger partial charge < -0.3 is 0 Å². The van der Waals surface area contributed by atoms with Crippen molar-refractivity contribution in [3.05, 3.63) is 111 Å². The molecule has 5 nitrogen and oxygen atoms in total. The molecular weight excluding hydrogens is 424 g/mol. The third-order valence-electron chi connectivity index (χ3n) is 6.86. The fourth-order valence-electron chi connectivity index (χ4n) is 4.51. The van der Waals surface area contributed by atoms with Gasteiger partial charge in [-0.2, -0.15) is 0 Å². The summed E-state index contributed by atoms with van der Waals surface area (Å²) in [7, 11) is 1.68. The van der Waals surface area contributed by atoms with Crippen LogP contribution in [0.25, 0.3) is 16.6 Å². The molecule has 0 aliphatic rings. The maximum atomic E-state index is 13.1. The van der Waals surface area contributed by atoms with Crippen molar-refractivity contribution in [2.24, 2.45) is 18.9 Å². The highest BCUT2D eigenvalue weighted by Gasteiger charge is 2.21. The lowest BCUT2D eigenvalue weighted by atomic mass is 9.82. The van der Waals surface area contributed by atoms with Gasteiger partial charge in [0.25, 0.3) is 5.56 Å². The number of para-hydroxylation sites is 1. The van der Waals surface area contributed by atoms with Crippen molar-refractivity contribution in [3.8, 4) is 5.69 Å². The summed E-state index contributed by atoms with van der Waals surface area (Å²) in [4.78, 5) is 38.8. The van der Waals surface area contributed by atoms with Crippen LogP contribution in [-0.2, 0) is 13.5 Å². The summed E-state index contributed by atoms with van der Waals surface area (Å²) in [6, 6.07) is 24.1. The molecule has 4 rings (SSSR count). The van der Waals surface area contributed by atoms with Gasteiger partial charge in [-0.15, -0.1) is 0 Å². The first-order valence-corrected chi connectivity index (χ1v) is 11.8. The molecule has 0 spiro atoms. The number of benzene rings is 3. The van der Waals surface area contributed by atoms with Gasteiger partial charge in [0, 0.05) is 19.0 Å². The second-order valence-electron chi connectivity index (χ2n) is 9.01. The molecular formula is C29H30N2O3. The Kier molecular flexibility index (Phi) is 6.92. The molecule has 174 valence electrons. The lowest BCUT2D eigenvalue weighted by Gasteiger charge is -2.23. The number of hydrogen-bond acceptors (Lipinski definition) is 3. The zero-order chi connectivity index (χ0) is 24.2. The van der Waals surface area contributed by atoms with E-state index in [1.54, 1.807) is 25.2 Å². The first-order valence-electron chi connectivity index (χ1n) is 11.8. The molecule has 0 saturated heterocycles. The average molecular weight is 455 g/mol. The number of aryl methyl sites for hydroxylation is 1. The van der Waals surface area contributed by atoms with Gasteiger partial charge in [0.05, 0.1) is 16.6 Å². The van der Waals surface area contributed by atoms with Crippen LogP contribution in [-0.4, -0.2) is 14.9 Å². The van der Waals surface area contributed by atoms with Gasteiger partial charge in [0.2, 0.25) is 0 Å². The topological polar surface area (TPSA) is 61.1 Å². The first-order chi connectivity index (χ1) is 16.4. The van der Waals surface area contributed by atoms with E-state index in [-0.39, 0.29) is 23.0 Å². The third kappa shape index (κ3) is 4.65. The minimum Gasteiger partial charge on any atom is -0.296 e.